The molecule has 0 bridgehead atoms. The molecule has 0 radical (unpaired) electrons. The summed E-state index contributed by atoms with van der Waals surface area (Å²) in [5.41, 5.74) is 1.05. The van der Waals surface area contributed by atoms with Crippen molar-refractivity contribution in [3.05, 3.63) is 24.0 Å². The van der Waals surface area contributed by atoms with E-state index < -0.39 is 0 Å². The van der Waals surface area contributed by atoms with Gasteiger partial charge in [0.05, 0.1) is 11.7 Å². The molecular formula is C12H20Cl2N2O. The summed E-state index contributed by atoms with van der Waals surface area (Å²) in [6.07, 6.45) is 4.17. The van der Waals surface area contributed by atoms with E-state index in [1.54, 1.807) is 0 Å². The smallest absolute Gasteiger partial charge is 0.142 e. The zero-order valence-corrected chi connectivity index (χ0v) is 11.8. The van der Waals surface area contributed by atoms with E-state index in [0.29, 0.717) is 6.04 Å². The van der Waals surface area contributed by atoms with Crippen LogP contribution in [0.2, 0.25) is 0 Å². The lowest BCUT2D eigenvalue weighted by Crippen LogP contribution is -2.29. The van der Waals surface area contributed by atoms with Gasteiger partial charge < -0.3 is 10.1 Å². The van der Waals surface area contributed by atoms with Gasteiger partial charge in [-0.05, 0) is 25.0 Å². The molecule has 0 aromatic carbocycles. The first-order chi connectivity index (χ1) is 7.35. The lowest BCUT2D eigenvalue weighted by Gasteiger charge is -2.14. The molecule has 1 aromatic heterocycles. The van der Waals surface area contributed by atoms with Gasteiger partial charge in [-0.25, -0.2) is 0 Å². The van der Waals surface area contributed by atoms with Gasteiger partial charge in [-0.3, -0.25) is 4.98 Å². The number of nitrogens with one attached hydrogen (secondary N) is 1. The van der Waals surface area contributed by atoms with Gasteiger partial charge in [0.15, 0.2) is 0 Å². The third-order valence-electron chi connectivity index (χ3n) is 2.88. The van der Waals surface area contributed by atoms with Crippen molar-refractivity contribution < 1.29 is 4.74 Å². The van der Waals surface area contributed by atoms with Crippen molar-refractivity contribution in [1.29, 1.82) is 0 Å². The Morgan fingerprint density at radius 3 is 2.76 bits per heavy atom. The first-order valence-electron chi connectivity index (χ1n) is 5.70. The number of halogens is 2. The zero-order chi connectivity index (χ0) is 10.7. The number of nitrogens with zero attached hydrogens (tertiary/aromatic N) is 1. The molecule has 0 aliphatic carbocycles. The minimum Gasteiger partial charge on any atom is -0.487 e. The predicted molar refractivity (Wildman–Crippen MR) is 74.5 cm³/mol. The molecule has 0 saturated carbocycles. The summed E-state index contributed by atoms with van der Waals surface area (Å²) in [4.78, 5) is 4.41. The van der Waals surface area contributed by atoms with Crippen LogP contribution >= 0.6 is 24.8 Å². The van der Waals surface area contributed by atoms with E-state index in [0.717, 1.165) is 30.8 Å². The number of pyridine rings is 1. The second-order valence-corrected chi connectivity index (χ2v) is 3.90. The summed E-state index contributed by atoms with van der Waals surface area (Å²) in [6, 6.07) is 4.28. The third kappa shape index (κ3) is 3.73. The Morgan fingerprint density at radius 2 is 2.12 bits per heavy atom. The second-order valence-electron chi connectivity index (χ2n) is 3.90. The number of aromatic nitrogens is 1. The van der Waals surface area contributed by atoms with Crippen LogP contribution in [0.4, 0.5) is 0 Å². The van der Waals surface area contributed by atoms with Gasteiger partial charge in [0, 0.05) is 12.7 Å². The molecule has 0 amide bonds. The number of ether oxygens (including phenoxy) is 1. The van der Waals surface area contributed by atoms with Gasteiger partial charge in [0.1, 0.15) is 11.9 Å². The minimum atomic E-state index is 0. The van der Waals surface area contributed by atoms with Crippen molar-refractivity contribution in [2.24, 2.45) is 0 Å². The Kier molecular flexibility index (Phi) is 7.51. The molecule has 98 valence electrons. The Balaban J connectivity index is 0.00000128. The first-order valence-corrected chi connectivity index (χ1v) is 5.70. The molecule has 2 rings (SSSR count). The van der Waals surface area contributed by atoms with Crippen molar-refractivity contribution in [1.82, 2.24) is 10.3 Å². The molecule has 0 fully saturated rings. The summed E-state index contributed by atoms with van der Waals surface area (Å²) in [5.74, 6) is 0.946. The van der Waals surface area contributed by atoms with Crippen LogP contribution < -0.4 is 10.1 Å². The summed E-state index contributed by atoms with van der Waals surface area (Å²) in [7, 11) is 0. The third-order valence-corrected chi connectivity index (χ3v) is 2.88. The average molecular weight is 279 g/mol. The molecule has 1 aliphatic rings. The van der Waals surface area contributed by atoms with Gasteiger partial charge in [0.2, 0.25) is 0 Å². The molecule has 3 nitrogen and oxygen atoms in total. The van der Waals surface area contributed by atoms with Crippen LogP contribution in [-0.4, -0.2) is 17.6 Å². The highest BCUT2D eigenvalue weighted by Crippen LogP contribution is 2.28. The molecule has 5 heteroatoms. The SMILES string of the molecule is CC[C@@H]1CN[C@@H](CC)c2ncccc2O1.Cl.Cl. The maximum atomic E-state index is 5.91. The molecule has 0 saturated heterocycles. The van der Waals surface area contributed by atoms with E-state index in [1.165, 1.54) is 0 Å². The van der Waals surface area contributed by atoms with E-state index in [1.807, 2.05) is 18.3 Å². The molecule has 0 unspecified atom stereocenters. The van der Waals surface area contributed by atoms with E-state index >= 15 is 0 Å². The number of hydrogen-bond acceptors (Lipinski definition) is 3. The van der Waals surface area contributed by atoms with Crippen molar-refractivity contribution in [2.45, 2.75) is 38.8 Å². The number of rotatable bonds is 2. The normalized spacial score (nSPS) is 22.2. The molecule has 2 heterocycles. The van der Waals surface area contributed by atoms with Crippen molar-refractivity contribution >= 4 is 24.8 Å². The Bertz CT molecular complexity index is 336. The predicted octanol–water partition coefficient (Wildman–Crippen LogP) is 3.14. The van der Waals surface area contributed by atoms with Crippen LogP contribution in [0.15, 0.2) is 18.3 Å². The highest BCUT2D eigenvalue weighted by Gasteiger charge is 2.22. The highest BCUT2D eigenvalue weighted by atomic mass is 35.5. The van der Waals surface area contributed by atoms with Gasteiger partial charge in [-0.1, -0.05) is 13.8 Å². The second kappa shape index (κ2) is 7.75. The van der Waals surface area contributed by atoms with E-state index in [2.05, 4.69) is 24.1 Å². The van der Waals surface area contributed by atoms with E-state index in [9.17, 15) is 0 Å². The maximum absolute atomic E-state index is 5.91. The summed E-state index contributed by atoms with van der Waals surface area (Å²) >= 11 is 0. The molecule has 0 spiro atoms. The first kappa shape index (κ1) is 16.5. The van der Waals surface area contributed by atoms with Crippen LogP contribution in [0.3, 0.4) is 0 Å². The molecule has 2 atom stereocenters. The average Bonchev–Trinajstić information content (AvgIpc) is 2.47. The Hall–Kier alpha value is -0.510. The van der Waals surface area contributed by atoms with Crippen LogP contribution in [0.5, 0.6) is 5.75 Å². The summed E-state index contributed by atoms with van der Waals surface area (Å²) in [6.45, 7) is 5.22. The molecule has 1 N–H and O–H groups in total. The van der Waals surface area contributed by atoms with E-state index in [-0.39, 0.29) is 30.9 Å². The minimum absolute atomic E-state index is 0. The molecule has 1 aromatic rings. The van der Waals surface area contributed by atoms with Gasteiger partial charge in [0.25, 0.3) is 0 Å². The summed E-state index contributed by atoms with van der Waals surface area (Å²) in [5, 5.41) is 3.50. The lowest BCUT2D eigenvalue weighted by atomic mass is 10.1. The van der Waals surface area contributed by atoms with Crippen LogP contribution in [0, 0.1) is 0 Å². The van der Waals surface area contributed by atoms with Gasteiger partial charge in [-0.2, -0.15) is 0 Å². The monoisotopic (exact) mass is 278 g/mol. The van der Waals surface area contributed by atoms with Gasteiger partial charge in [-0.15, -0.1) is 24.8 Å². The quantitative estimate of drug-likeness (QED) is 0.903. The van der Waals surface area contributed by atoms with Crippen LogP contribution in [0.1, 0.15) is 38.4 Å². The highest BCUT2D eigenvalue weighted by molar-refractivity contribution is 5.85. The zero-order valence-electron chi connectivity index (χ0n) is 10.2. The van der Waals surface area contributed by atoms with Crippen molar-refractivity contribution in [3.8, 4) is 5.75 Å². The lowest BCUT2D eigenvalue weighted by molar-refractivity contribution is 0.200. The molecule has 1 aliphatic heterocycles. The Morgan fingerprint density at radius 1 is 1.35 bits per heavy atom. The topological polar surface area (TPSA) is 34.2 Å². The number of fused-ring (bicyclic) bond motifs is 1. The van der Waals surface area contributed by atoms with Crippen molar-refractivity contribution in [3.63, 3.8) is 0 Å². The summed E-state index contributed by atoms with van der Waals surface area (Å²) < 4.78 is 5.91. The number of hydrogen-bond donors (Lipinski definition) is 1. The molecule has 17 heavy (non-hydrogen) atoms. The largest absolute Gasteiger partial charge is 0.487 e. The standard InChI is InChI=1S/C12H18N2O.2ClH/c1-3-9-8-14-10(4-2)12-11(15-9)6-5-7-13-12;;/h5-7,9-10,14H,3-4,8H2,1-2H3;2*1H/t9-,10+;;/m1../s1. The Labute approximate surface area is 115 Å². The van der Waals surface area contributed by atoms with Gasteiger partial charge >= 0.3 is 0 Å². The van der Waals surface area contributed by atoms with E-state index in [4.69, 9.17) is 4.74 Å². The fourth-order valence-electron chi connectivity index (χ4n) is 1.92. The fraction of sp³-hybridized carbons (Fsp3) is 0.583. The fourth-order valence-corrected chi connectivity index (χ4v) is 1.92. The van der Waals surface area contributed by atoms with Crippen LogP contribution in [-0.2, 0) is 0 Å². The van der Waals surface area contributed by atoms with Crippen molar-refractivity contribution in [2.75, 3.05) is 6.54 Å². The molecular weight excluding hydrogens is 259 g/mol. The maximum Gasteiger partial charge on any atom is 0.142 e. The van der Waals surface area contributed by atoms with Crippen LogP contribution in [0.25, 0.3) is 0 Å².